The van der Waals surface area contributed by atoms with Crippen LogP contribution in [0, 0.1) is 5.41 Å². The van der Waals surface area contributed by atoms with Crippen molar-refractivity contribution < 1.29 is 27.4 Å². The minimum absolute atomic E-state index is 0.0234. The smallest absolute Gasteiger partial charge is 0.411 e. The molecule has 0 bridgehead atoms. The molecular weight excluding hydrogens is 321 g/mol. The molecule has 5 nitrogen and oxygen atoms in total. The number of hydrogen-bond acceptors (Lipinski definition) is 5. The van der Waals surface area contributed by atoms with E-state index in [0.29, 0.717) is 17.0 Å². The van der Waals surface area contributed by atoms with E-state index < -0.39 is 12.8 Å². The molecule has 1 aromatic carbocycles. The summed E-state index contributed by atoms with van der Waals surface area (Å²) in [4.78, 5) is 13.0. The topological polar surface area (TPSA) is 62.6 Å². The van der Waals surface area contributed by atoms with Crippen LogP contribution in [-0.2, 0) is 16.1 Å². The van der Waals surface area contributed by atoms with E-state index in [9.17, 15) is 18.0 Å². The molecular formula is C13H13F3N2O3S. The van der Waals surface area contributed by atoms with Gasteiger partial charge < -0.3 is 9.47 Å². The number of nitrogens with one attached hydrogen (secondary N) is 1. The molecule has 0 spiro atoms. The third-order valence-corrected chi connectivity index (χ3v) is 3.69. The Morgan fingerprint density at radius 1 is 1.41 bits per heavy atom. The number of thioether (sulfide) groups is 1. The van der Waals surface area contributed by atoms with Crippen molar-refractivity contribution in [2.75, 3.05) is 24.4 Å². The Hall–Kier alpha value is -1.74. The number of hydrogen-bond donors (Lipinski definition) is 1. The van der Waals surface area contributed by atoms with Gasteiger partial charge in [-0.2, -0.15) is 13.2 Å². The zero-order valence-corrected chi connectivity index (χ0v) is 12.4. The summed E-state index contributed by atoms with van der Waals surface area (Å²) < 4.78 is 46.2. The normalized spacial score (nSPS) is 15.5. The molecule has 1 saturated heterocycles. The summed E-state index contributed by atoms with van der Waals surface area (Å²) in [7, 11) is 1.44. The Morgan fingerprint density at radius 2 is 2.14 bits per heavy atom. The van der Waals surface area contributed by atoms with Crippen LogP contribution in [0.3, 0.4) is 0 Å². The number of carbonyl (C=O) groups is 1. The molecule has 0 radical (unpaired) electrons. The van der Waals surface area contributed by atoms with Gasteiger partial charge in [0.1, 0.15) is 12.4 Å². The number of amidine groups is 1. The van der Waals surface area contributed by atoms with Crippen LogP contribution in [-0.4, -0.2) is 36.7 Å². The Bertz CT molecular complexity index is 576. The average Bonchev–Trinajstić information content (AvgIpc) is 2.77. The second kappa shape index (κ2) is 6.57. The SMILES string of the molecule is COc1ccc(COCC(F)(F)F)c(N2C(=N)SCC2=O)c1. The van der Waals surface area contributed by atoms with Gasteiger partial charge in [0.05, 0.1) is 25.2 Å². The predicted octanol–water partition coefficient (Wildman–Crippen LogP) is 2.79. The van der Waals surface area contributed by atoms with E-state index >= 15 is 0 Å². The van der Waals surface area contributed by atoms with Gasteiger partial charge in [-0.15, -0.1) is 0 Å². The molecule has 0 atom stereocenters. The fourth-order valence-corrected chi connectivity index (χ4v) is 2.61. The fourth-order valence-electron chi connectivity index (χ4n) is 1.89. The first-order chi connectivity index (χ1) is 10.3. The Kier molecular flexibility index (Phi) is 4.97. The predicted molar refractivity (Wildman–Crippen MR) is 76.4 cm³/mol. The van der Waals surface area contributed by atoms with Crippen LogP contribution in [0.4, 0.5) is 18.9 Å². The molecule has 1 aromatic rings. The number of methoxy groups -OCH3 is 1. The number of benzene rings is 1. The van der Waals surface area contributed by atoms with Crippen molar-refractivity contribution in [2.45, 2.75) is 12.8 Å². The van der Waals surface area contributed by atoms with Gasteiger partial charge in [-0.1, -0.05) is 17.8 Å². The monoisotopic (exact) mass is 334 g/mol. The Morgan fingerprint density at radius 3 is 2.68 bits per heavy atom. The molecule has 1 heterocycles. The highest BCUT2D eigenvalue weighted by Gasteiger charge is 2.31. The Balaban J connectivity index is 2.25. The molecule has 1 aliphatic heterocycles. The summed E-state index contributed by atoms with van der Waals surface area (Å²) in [5, 5.41) is 7.80. The lowest BCUT2D eigenvalue weighted by Gasteiger charge is -2.20. The molecule has 1 aliphatic rings. The number of ether oxygens (including phenoxy) is 2. The highest BCUT2D eigenvalue weighted by atomic mass is 32.2. The van der Waals surface area contributed by atoms with Gasteiger partial charge in [0, 0.05) is 11.6 Å². The van der Waals surface area contributed by atoms with Crippen molar-refractivity contribution in [1.82, 2.24) is 0 Å². The van der Waals surface area contributed by atoms with Crippen LogP contribution in [0.5, 0.6) is 5.75 Å². The molecule has 0 aromatic heterocycles. The van der Waals surface area contributed by atoms with E-state index in [-0.39, 0.29) is 23.4 Å². The molecule has 1 N–H and O–H groups in total. The molecule has 0 aliphatic carbocycles. The van der Waals surface area contributed by atoms with Gasteiger partial charge in [0.25, 0.3) is 0 Å². The summed E-state index contributed by atoms with van der Waals surface area (Å²) in [5.41, 5.74) is 0.687. The standard InChI is InChI=1S/C13H13F3N2O3S/c1-20-9-3-2-8(5-21-7-13(14,15)16)10(4-9)18-11(19)6-22-12(18)17/h2-4,17H,5-7H2,1H3. The van der Waals surface area contributed by atoms with Gasteiger partial charge in [0.2, 0.25) is 5.91 Å². The van der Waals surface area contributed by atoms with Crippen molar-refractivity contribution in [2.24, 2.45) is 0 Å². The van der Waals surface area contributed by atoms with Gasteiger partial charge >= 0.3 is 6.18 Å². The maximum atomic E-state index is 12.2. The number of amides is 1. The maximum absolute atomic E-state index is 12.2. The second-order valence-electron chi connectivity index (χ2n) is 4.43. The van der Waals surface area contributed by atoms with Crippen LogP contribution in [0.15, 0.2) is 18.2 Å². The number of rotatable bonds is 5. The lowest BCUT2D eigenvalue weighted by molar-refractivity contribution is -0.176. The number of nitrogens with zero attached hydrogens (tertiary/aromatic N) is 1. The first-order valence-electron chi connectivity index (χ1n) is 6.17. The molecule has 0 unspecified atom stereocenters. The van der Waals surface area contributed by atoms with E-state index in [1.807, 2.05) is 0 Å². The Labute approximate surface area is 128 Å². The first kappa shape index (κ1) is 16.6. The number of anilines is 1. The molecule has 2 rings (SSSR count). The lowest BCUT2D eigenvalue weighted by atomic mass is 10.1. The van der Waals surface area contributed by atoms with Gasteiger partial charge in [-0.05, 0) is 6.07 Å². The summed E-state index contributed by atoms with van der Waals surface area (Å²) in [6, 6.07) is 4.59. The van der Waals surface area contributed by atoms with Crippen molar-refractivity contribution >= 4 is 28.5 Å². The third kappa shape index (κ3) is 3.92. The highest BCUT2D eigenvalue weighted by Crippen LogP contribution is 2.32. The number of halogens is 3. The third-order valence-electron chi connectivity index (χ3n) is 2.84. The van der Waals surface area contributed by atoms with Crippen LogP contribution >= 0.6 is 11.8 Å². The summed E-state index contributed by atoms with van der Waals surface area (Å²) in [5.74, 6) is 0.256. The van der Waals surface area contributed by atoms with Crippen molar-refractivity contribution in [3.05, 3.63) is 23.8 Å². The largest absolute Gasteiger partial charge is 0.497 e. The summed E-state index contributed by atoms with van der Waals surface area (Å²) in [6.45, 7) is -1.70. The van der Waals surface area contributed by atoms with E-state index in [1.54, 1.807) is 6.07 Å². The van der Waals surface area contributed by atoms with Crippen LogP contribution in [0.25, 0.3) is 0 Å². The van der Waals surface area contributed by atoms with Crippen molar-refractivity contribution in [3.63, 3.8) is 0 Å². The van der Waals surface area contributed by atoms with E-state index in [0.717, 1.165) is 16.7 Å². The van der Waals surface area contributed by atoms with Crippen LogP contribution in [0.1, 0.15) is 5.56 Å². The molecule has 22 heavy (non-hydrogen) atoms. The highest BCUT2D eigenvalue weighted by molar-refractivity contribution is 8.15. The average molecular weight is 334 g/mol. The van der Waals surface area contributed by atoms with Gasteiger partial charge in [0.15, 0.2) is 5.17 Å². The minimum Gasteiger partial charge on any atom is -0.497 e. The van der Waals surface area contributed by atoms with Gasteiger partial charge in [-0.3, -0.25) is 15.1 Å². The fraction of sp³-hybridized carbons (Fsp3) is 0.385. The maximum Gasteiger partial charge on any atom is 0.411 e. The summed E-state index contributed by atoms with van der Waals surface area (Å²) in [6.07, 6.45) is -4.42. The lowest BCUT2D eigenvalue weighted by Crippen LogP contribution is -2.29. The number of alkyl halides is 3. The van der Waals surface area contributed by atoms with E-state index in [2.05, 4.69) is 4.74 Å². The molecule has 1 fully saturated rings. The molecule has 120 valence electrons. The number of carbonyl (C=O) groups excluding carboxylic acids is 1. The van der Waals surface area contributed by atoms with Crippen molar-refractivity contribution in [1.29, 1.82) is 5.41 Å². The second-order valence-corrected chi connectivity index (χ2v) is 5.39. The summed E-state index contributed by atoms with van der Waals surface area (Å²) >= 11 is 1.06. The molecule has 1 amide bonds. The molecule has 0 saturated carbocycles. The zero-order chi connectivity index (χ0) is 16.3. The van der Waals surface area contributed by atoms with Crippen LogP contribution in [0.2, 0.25) is 0 Å². The first-order valence-corrected chi connectivity index (χ1v) is 7.16. The van der Waals surface area contributed by atoms with E-state index in [4.69, 9.17) is 10.1 Å². The van der Waals surface area contributed by atoms with Crippen molar-refractivity contribution in [3.8, 4) is 5.75 Å². The zero-order valence-electron chi connectivity index (χ0n) is 11.6. The minimum atomic E-state index is -4.42. The molecule has 9 heteroatoms. The van der Waals surface area contributed by atoms with E-state index in [1.165, 1.54) is 19.2 Å². The van der Waals surface area contributed by atoms with Gasteiger partial charge in [-0.25, -0.2) is 0 Å². The quantitative estimate of drug-likeness (QED) is 0.899. The van der Waals surface area contributed by atoms with Crippen LogP contribution < -0.4 is 9.64 Å².